The van der Waals surface area contributed by atoms with Gasteiger partial charge in [-0.15, -0.1) is 0 Å². The monoisotopic (exact) mass is 431 g/mol. The third kappa shape index (κ3) is 6.66. The molecule has 0 amide bonds. The number of benzene rings is 2. The highest BCUT2D eigenvalue weighted by Gasteiger charge is 2.30. The second kappa shape index (κ2) is 10.4. The van der Waals surface area contributed by atoms with Gasteiger partial charge in [0.1, 0.15) is 11.4 Å². The minimum atomic E-state index is -0.545. The van der Waals surface area contributed by atoms with Gasteiger partial charge < -0.3 is 10.5 Å². The minimum Gasteiger partial charge on any atom is -0.460 e. The lowest BCUT2D eigenvalue weighted by Crippen LogP contribution is -2.34. The molecule has 168 valence electrons. The number of rotatable bonds is 8. The molecule has 2 N–H and O–H groups in total. The van der Waals surface area contributed by atoms with E-state index in [-0.39, 0.29) is 24.5 Å². The third-order valence-corrected chi connectivity index (χ3v) is 5.36. The molecule has 1 heterocycles. The SMILES string of the molecule is C[C@H](c1ccccc1)N(Cc1ccccc1)[C@@H](CC(=O)OC(C)(C)C)c1ccc(N)nc1. The maximum atomic E-state index is 12.9. The van der Waals surface area contributed by atoms with Crippen LogP contribution in [0.5, 0.6) is 0 Å². The van der Waals surface area contributed by atoms with Gasteiger partial charge in [-0.1, -0.05) is 66.7 Å². The van der Waals surface area contributed by atoms with Crippen LogP contribution in [-0.4, -0.2) is 21.5 Å². The van der Waals surface area contributed by atoms with Crippen LogP contribution < -0.4 is 5.73 Å². The molecule has 0 saturated carbocycles. The number of anilines is 1. The number of aromatic nitrogens is 1. The molecule has 0 fully saturated rings. The predicted octanol–water partition coefficient (Wildman–Crippen LogP) is 5.70. The quantitative estimate of drug-likeness (QED) is 0.463. The summed E-state index contributed by atoms with van der Waals surface area (Å²) >= 11 is 0. The molecule has 32 heavy (non-hydrogen) atoms. The summed E-state index contributed by atoms with van der Waals surface area (Å²) in [5.41, 5.74) is 8.59. The number of hydrogen-bond donors (Lipinski definition) is 1. The van der Waals surface area contributed by atoms with Gasteiger partial charge in [0, 0.05) is 24.8 Å². The Bertz CT molecular complexity index is 983. The van der Waals surface area contributed by atoms with Crippen LogP contribution in [-0.2, 0) is 16.1 Å². The van der Waals surface area contributed by atoms with Crippen molar-refractivity contribution in [2.24, 2.45) is 0 Å². The van der Waals surface area contributed by atoms with Crippen LogP contribution in [0.3, 0.4) is 0 Å². The zero-order chi connectivity index (χ0) is 23.1. The molecule has 0 radical (unpaired) electrons. The summed E-state index contributed by atoms with van der Waals surface area (Å²) in [4.78, 5) is 19.6. The van der Waals surface area contributed by atoms with Gasteiger partial charge in [0.15, 0.2) is 0 Å². The molecule has 2 atom stereocenters. The number of nitrogens with two attached hydrogens (primary N) is 1. The summed E-state index contributed by atoms with van der Waals surface area (Å²) in [6.45, 7) is 8.51. The first-order chi connectivity index (χ1) is 15.2. The highest BCUT2D eigenvalue weighted by atomic mass is 16.6. The smallest absolute Gasteiger partial charge is 0.308 e. The summed E-state index contributed by atoms with van der Waals surface area (Å²) < 4.78 is 5.69. The van der Waals surface area contributed by atoms with Crippen molar-refractivity contribution in [3.63, 3.8) is 0 Å². The first-order valence-corrected chi connectivity index (χ1v) is 11.0. The molecule has 0 spiro atoms. The summed E-state index contributed by atoms with van der Waals surface area (Å²) in [7, 11) is 0. The van der Waals surface area contributed by atoms with Crippen LogP contribution in [0.15, 0.2) is 79.0 Å². The van der Waals surface area contributed by atoms with Crippen molar-refractivity contribution in [3.8, 4) is 0 Å². The van der Waals surface area contributed by atoms with Crippen molar-refractivity contribution < 1.29 is 9.53 Å². The van der Waals surface area contributed by atoms with Gasteiger partial charge >= 0.3 is 5.97 Å². The Kier molecular flexibility index (Phi) is 7.65. The van der Waals surface area contributed by atoms with E-state index in [1.54, 1.807) is 12.3 Å². The number of nitrogens with zero attached hydrogens (tertiary/aromatic N) is 2. The van der Waals surface area contributed by atoms with Gasteiger partial charge in [0.25, 0.3) is 0 Å². The summed E-state index contributed by atoms with van der Waals surface area (Å²) in [5.74, 6) is 0.216. The molecule has 0 aliphatic rings. The van der Waals surface area contributed by atoms with Crippen LogP contribution in [0.4, 0.5) is 5.82 Å². The van der Waals surface area contributed by atoms with Crippen molar-refractivity contribution in [3.05, 3.63) is 95.7 Å². The Morgan fingerprint density at radius 1 is 0.969 bits per heavy atom. The van der Waals surface area contributed by atoms with Crippen molar-refractivity contribution in [2.45, 2.75) is 58.3 Å². The second-order valence-electron chi connectivity index (χ2n) is 9.07. The van der Waals surface area contributed by atoms with E-state index in [1.807, 2.05) is 63.2 Å². The largest absolute Gasteiger partial charge is 0.460 e. The fraction of sp³-hybridized carbons (Fsp3) is 0.333. The fourth-order valence-electron chi connectivity index (χ4n) is 3.82. The van der Waals surface area contributed by atoms with E-state index in [1.165, 1.54) is 11.1 Å². The molecule has 5 heteroatoms. The number of ether oxygens (including phenoxy) is 1. The second-order valence-corrected chi connectivity index (χ2v) is 9.07. The molecule has 0 bridgehead atoms. The van der Waals surface area contributed by atoms with E-state index in [4.69, 9.17) is 10.5 Å². The number of esters is 1. The Morgan fingerprint density at radius 2 is 1.59 bits per heavy atom. The van der Waals surface area contributed by atoms with Gasteiger partial charge in [-0.25, -0.2) is 4.98 Å². The Labute approximate surface area is 191 Å². The van der Waals surface area contributed by atoms with Gasteiger partial charge in [0.05, 0.1) is 6.42 Å². The molecule has 3 aromatic rings. The number of pyridine rings is 1. The molecule has 0 unspecified atom stereocenters. The van der Waals surface area contributed by atoms with E-state index in [0.29, 0.717) is 12.4 Å². The summed E-state index contributed by atoms with van der Waals surface area (Å²) in [6, 6.07) is 24.2. The highest BCUT2D eigenvalue weighted by molar-refractivity contribution is 5.71. The first-order valence-electron chi connectivity index (χ1n) is 11.0. The van der Waals surface area contributed by atoms with E-state index in [9.17, 15) is 4.79 Å². The predicted molar refractivity (Wildman–Crippen MR) is 129 cm³/mol. The Hall–Kier alpha value is -3.18. The Balaban J connectivity index is 2.02. The van der Waals surface area contributed by atoms with E-state index < -0.39 is 5.60 Å². The molecular formula is C27H33N3O2. The van der Waals surface area contributed by atoms with E-state index in [2.05, 4.69) is 41.1 Å². The fourth-order valence-corrected chi connectivity index (χ4v) is 3.82. The first kappa shape index (κ1) is 23.5. The van der Waals surface area contributed by atoms with Crippen LogP contribution in [0.25, 0.3) is 0 Å². The zero-order valence-electron chi connectivity index (χ0n) is 19.4. The molecule has 0 saturated heterocycles. The zero-order valence-corrected chi connectivity index (χ0v) is 19.4. The normalized spacial score (nSPS) is 13.5. The standard InChI is InChI=1S/C27H33N3O2/c1-20(22-13-9-6-10-14-22)30(19-21-11-7-5-8-12-21)24(17-26(31)32-27(2,3)4)23-15-16-25(28)29-18-23/h5-16,18,20,24H,17,19H2,1-4H3,(H2,28,29)/t20-,24+/m1/s1. The highest BCUT2D eigenvalue weighted by Crippen LogP contribution is 2.35. The molecule has 1 aromatic heterocycles. The summed E-state index contributed by atoms with van der Waals surface area (Å²) in [6.07, 6.45) is 1.98. The van der Waals surface area contributed by atoms with E-state index >= 15 is 0 Å². The Morgan fingerprint density at radius 3 is 2.16 bits per heavy atom. The average Bonchev–Trinajstić information content (AvgIpc) is 2.76. The average molecular weight is 432 g/mol. The lowest BCUT2D eigenvalue weighted by atomic mass is 9.97. The van der Waals surface area contributed by atoms with Crippen molar-refractivity contribution >= 4 is 11.8 Å². The van der Waals surface area contributed by atoms with Gasteiger partial charge in [-0.05, 0) is 50.5 Å². The van der Waals surface area contributed by atoms with E-state index in [0.717, 1.165) is 5.56 Å². The van der Waals surface area contributed by atoms with Crippen LogP contribution in [0.2, 0.25) is 0 Å². The van der Waals surface area contributed by atoms with Gasteiger partial charge in [-0.3, -0.25) is 9.69 Å². The maximum absolute atomic E-state index is 12.9. The third-order valence-electron chi connectivity index (χ3n) is 5.36. The van der Waals surface area contributed by atoms with Gasteiger partial charge in [-0.2, -0.15) is 0 Å². The maximum Gasteiger partial charge on any atom is 0.308 e. The molecule has 2 aromatic carbocycles. The number of hydrogen-bond acceptors (Lipinski definition) is 5. The van der Waals surface area contributed by atoms with Gasteiger partial charge in [0.2, 0.25) is 0 Å². The molecule has 5 nitrogen and oxygen atoms in total. The molecule has 0 aliphatic heterocycles. The van der Waals surface area contributed by atoms with Crippen LogP contribution in [0.1, 0.15) is 62.9 Å². The lowest BCUT2D eigenvalue weighted by Gasteiger charge is -2.37. The minimum absolute atomic E-state index is 0.0568. The molecule has 3 rings (SSSR count). The lowest BCUT2D eigenvalue weighted by molar-refractivity contribution is -0.156. The van der Waals surface area contributed by atoms with Crippen molar-refractivity contribution in [1.29, 1.82) is 0 Å². The topological polar surface area (TPSA) is 68.5 Å². The van der Waals surface area contributed by atoms with Crippen LogP contribution >= 0.6 is 0 Å². The number of carbonyl (C=O) groups is 1. The number of nitrogen functional groups attached to an aromatic ring is 1. The van der Waals surface area contributed by atoms with Crippen molar-refractivity contribution in [2.75, 3.05) is 5.73 Å². The van der Waals surface area contributed by atoms with Crippen molar-refractivity contribution in [1.82, 2.24) is 9.88 Å². The molecule has 0 aliphatic carbocycles. The van der Waals surface area contributed by atoms with Crippen LogP contribution in [0, 0.1) is 0 Å². The molecular weight excluding hydrogens is 398 g/mol. The number of carbonyl (C=O) groups excluding carboxylic acids is 1. The summed E-state index contributed by atoms with van der Waals surface area (Å²) in [5, 5.41) is 0.